The lowest BCUT2D eigenvalue weighted by Crippen LogP contribution is -2.14. The number of aryl methyl sites for hydroxylation is 1. The Morgan fingerprint density at radius 2 is 2.08 bits per heavy atom. The number of primary amides is 1. The summed E-state index contributed by atoms with van der Waals surface area (Å²) < 4.78 is 0. The molecule has 70 valence electrons. The van der Waals surface area contributed by atoms with Crippen molar-refractivity contribution in [2.45, 2.75) is 13.3 Å². The molecule has 0 atom stereocenters. The maximum absolute atomic E-state index is 10.7. The second-order valence-electron chi connectivity index (χ2n) is 2.83. The number of hydrogen-bond acceptors (Lipinski definition) is 1. The quantitative estimate of drug-likeness (QED) is 0.813. The zero-order valence-corrected chi connectivity index (χ0v) is 8.62. The van der Waals surface area contributed by atoms with Gasteiger partial charge in [-0.25, -0.2) is 0 Å². The Labute approximate surface area is 86.6 Å². The molecule has 0 aromatic heterocycles. The molecule has 2 nitrogen and oxygen atoms in total. The van der Waals surface area contributed by atoms with Crippen LogP contribution >= 0.6 is 23.2 Å². The van der Waals surface area contributed by atoms with Gasteiger partial charge >= 0.3 is 0 Å². The maximum Gasteiger partial charge on any atom is 0.221 e. The van der Waals surface area contributed by atoms with Gasteiger partial charge < -0.3 is 5.73 Å². The molecule has 1 aromatic carbocycles. The van der Waals surface area contributed by atoms with Crippen LogP contribution in [0.15, 0.2) is 12.1 Å². The van der Waals surface area contributed by atoms with Crippen LogP contribution in [0.4, 0.5) is 0 Å². The van der Waals surface area contributed by atoms with Crippen molar-refractivity contribution in [1.82, 2.24) is 0 Å². The number of halogens is 2. The van der Waals surface area contributed by atoms with Crippen LogP contribution in [0.2, 0.25) is 10.0 Å². The molecule has 1 amide bonds. The number of benzene rings is 1. The van der Waals surface area contributed by atoms with E-state index in [4.69, 9.17) is 28.9 Å². The highest BCUT2D eigenvalue weighted by Gasteiger charge is 2.08. The number of carbonyl (C=O) groups excluding carboxylic acids is 1. The first kappa shape index (κ1) is 10.4. The number of rotatable bonds is 2. The molecule has 0 unspecified atom stereocenters. The number of nitrogens with two attached hydrogens (primary N) is 1. The first-order valence-electron chi connectivity index (χ1n) is 3.73. The Morgan fingerprint density at radius 1 is 1.46 bits per heavy atom. The maximum atomic E-state index is 10.7. The molecule has 0 fully saturated rings. The number of carbonyl (C=O) groups is 1. The third kappa shape index (κ3) is 2.61. The summed E-state index contributed by atoms with van der Waals surface area (Å²) in [5.74, 6) is -0.396. The normalized spacial score (nSPS) is 10.1. The van der Waals surface area contributed by atoms with Gasteiger partial charge in [0.15, 0.2) is 0 Å². The SMILES string of the molecule is Cc1cc(Cl)cc(Cl)c1CC(N)=O. The standard InChI is InChI=1S/C9H9Cl2NO/c1-5-2-6(10)3-8(11)7(5)4-9(12)13/h2-3H,4H2,1H3,(H2,12,13). The van der Waals surface area contributed by atoms with Crippen molar-refractivity contribution >= 4 is 29.1 Å². The molecule has 0 heterocycles. The Kier molecular flexibility index (Phi) is 3.17. The summed E-state index contributed by atoms with van der Waals surface area (Å²) >= 11 is 11.6. The predicted molar refractivity (Wildman–Crippen MR) is 54.1 cm³/mol. The summed E-state index contributed by atoms with van der Waals surface area (Å²) in [7, 11) is 0. The Morgan fingerprint density at radius 3 is 2.54 bits per heavy atom. The van der Waals surface area contributed by atoms with Crippen LogP contribution in [0.25, 0.3) is 0 Å². The minimum absolute atomic E-state index is 0.155. The van der Waals surface area contributed by atoms with Gasteiger partial charge in [0.1, 0.15) is 0 Å². The van der Waals surface area contributed by atoms with E-state index in [0.29, 0.717) is 10.0 Å². The summed E-state index contributed by atoms with van der Waals surface area (Å²) in [5.41, 5.74) is 6.70. The molecule has 0 radical (unpaired) electrons. The molecule has 0 bridgehead atoms. The lowest BCUT2D eigenvalue weighted by Gasteiger charge is -2.06. The van der Waals surface area contributed by atoms with Gasteiger partial charge in [0.2, 0.25) is 5.91 Å². The van der Waals surface area contributed by atoms with Crippen molar-refractivity contribution in [1.29, 1.82) is 0 Å². The van der Waals surface area contributed by atoms with Crippen molar-refractivity contribution in [2.75, 3.05) is 0 Å². The molecule has 0 spiro atoms. The van der Waals surface area contributed by atoms with E-state index < -0.39 is 5.91 Å². The Balaban J connectivity index is 3.13. The first-order valence-corrected chi connectivity index (χ1v) is 4.49. The molecule has 0 saturated heterocycles. The van der Waals surface area contributed by atoms with Crippen LogP contribution in [0.5, 0.6) is 0 Å². The summed E-state index contributed by atoms with van der Waals surface area (Å²) in [4.78, 5) is 10.7. The molecule has 0 saturated carbocycles. The van der Waals surface area contributed by atoms with Gasteiger partial charge in [0.25, 0.3) is 0 Å². The fourth-order valence-electron chi connectivity index (χ4n) is 1.13. The highest BCUT2D eigenvalue weighted by Crippen LogP contribution is 2.25. The summed E-state index contributed by atoms with van der Waals surface area (Å²) in [6.07, 6.45) is 0.155. The molecular weight excluding hydrogens is 209 g/mol. The average molecular weight is 218 g/mol. The van der Waals surface area contributed by atoms with E-state index >= 15 is 0 Å². The Hall–Kier alpha value is -0.730. The molecular formula is C9H9Cl2NO. The molecule has 1 rings (SSSR count). The first-order chi connectivity index (χ1) is 6.00. The fraction of sp³-hybridized carbons (Fsp3) is 0.222. The number of hydrogen-bond donors (Lipinski definition) is 1. The topological polar surface area (TPSA) is 43.1 Å². The lowest BCUT2D eigenvalue weighted by molar-refractivity contribution is -0.117. The highest BCUT2D eigenvalue weighted by molar-refractivity contribution is 6.35. The minimum Gasteiger partial charge on any atom is -0.369 e. The third-order valence-electron chi connectivity index (χ3n) is 1.73. The summed E-state index contributed by atoms with van der Waals surface area (Å²) in [5, 5.41) is 1.06. The second kappa shape index (κ2) is 3.99. The zero-order chi connectivity index (χ0) is 10.0. The second-order valence-corrected chi connectivity index (χ2v) is 3.67. The van der Waals surface area contributed by atoms with E-state index in [1.165, 1.54) is 0 Å². The molecule has 13 heavy (non-hydrogen) atoms. The van der Waals surface area contributed by atoms with E-state index in [9.17, 15) is 4.79 Å². The largest absolute Gasteiger partial charge is 0.369 e. The van der Waals surface area contributed by atoms with E-state index in [2.05, 4.69) is 0 Å². The van der Waals surface area contributed by atoms with Crippen LogP contribution < -0.4 is 5.73 Å². The monoisotopic (exact) mass is 217 g/mol. The minimum atomic E-state index is -0.396. The van der Waals surface area contributed by atoms with Gasteiger partial charge in [-0.05, 0) is 30.2 Å². The molecule has 0 aliphatic heterocycles. The van der Waals surface area contributed by atoms with Gasteiger partial charge in [0.05, 0.1) is 6.42 Å². The molecule has 2 N–H and O–H groups in total. The van der Waals surface area contributed by atoms with E-state index in [1.54, 1.807) is 12.1 Å². The average Bonchev–Trinajstić information content (AvgIpc) is 1.96. The molecule has 0 aliphatic rings. The predicted octanol–water partition coefficient (Wildman–Crippen LogP) is 2.33. The lowest BCUT2D eigenvalue weighted by atomic mass is 10.1. The third-order valence-corrected chi connectivity index (χ3v) is 2.29. The van der Waals surface area contributed by atoms with Gasteiger partial charge in [-0.15, -0.1) is 0 Å². The van der Waals surface area contributed by atoms with Crippen LogP contribution in [-0.4, -0.2) is 5.91 Å². The van der Waals surface area contributed by atoms with E-state index in [-0.39, 0.29) is 6.42 Å². The fourth-order valence-corrected chi connectivity index (χ4v) is 1.79. The van der Waals surface area contributed by atoms with Crippen molar-refractivity contribution in [3.8, 4) is 0 Å². The summed E-state index contributed by atoms with van der Waals surface area (Å²) in [6, 6.07) is 3.36. The Bertz CT molecular complexity index is 326. The van der Waals surface area contributed by atoms with Gasteiger partial charge in [-0.2, -0.15) is 0 Å². The molecule has 1 aromatic rings. The molecule has 4 heteroatoms. The van der Waals surface area contributed by atoms with Crippen LogP contribution in [0, 0.1) is 6.92 Å². The van der Waals surface area contributed by atoms with Crippen molar-refractivity contribution in [2.24, 2.45) is 5.73 Å². The van der Waals surface area contributed by atoms with E-state index in [0.717, 1.165) is 11.1 Å². The van der Waals surface area contributed by atoms with Crippen LogP contribution in [-0.2, 0) is 11.2 Å². The number of amides is 1. The highest BCUT2D eigenvalue weighted by atomic mass is 35.5. The van der Waals surface area contributed by atoms with Crippen molar-refractivity contribution < 1.29 is 4.79 Å². The van der Waals surface area contributed by atoms with Crippen LogP contribution in [0.1, 0.15) is 11.1 Å². The van der Waals surface area contributed by atoms with Gasteiger partial charge in [-0.3, -0.25) is 4.79 Å². The summed E-state index contributed by atoms with van der Waals surface area (Å²) in [6.45, 7) is 1.84. The van der Waals surface area contributed by atoms with Gasteiger partial charge in [-0.1, -0.05) is 23.2 Å². The smallest absolute Gasteiger partial charge is 0.221 e. The molecule has 0 aliphatic carbocycles. The van der Waals surface area contributed by atoms with E-state index in [1.807, 2.05) is 6.92 Å². The van der Waals surface area contributed by atoms with Crippen molar-refractivity contribution in [3.63, 3.8) is 0 Å². The van der Waals surface area contributed by atoms with Crippen molar-refractivity contribution in [3.05, 3.63) is 33.3 Å². The zero-order valence-electron chi connectivity index (χ0n) is 7.10. The van der Waals surface area contributed by atoms with Gasteiger partial charge in [0, 0.05) is 10.0 Å². The van der Waals surface area contributed by atoms with Crippen LogP contribution in [0.3, 0.4) is 0 Å².